The van der Waals surface area contributed by atoms with Crippen molar-refractivity contribution in [3.8, 4) is 5.75 Å². The average molecular weight is 409 g/mol. The highest BCUT2D eigenvalue weighted by Gasteiger charge is 2.22. The van der Waals surface area contributed by atoms with E-state index in [0.29, 0.717) is 25.2 Å². The molecule has 0 aliphatic heterocycles. The molecule has 0 unspecified atom stereocenters. The molecule has 3 rings (SSSR count). The zero-order valence-corrected chi connectivity index (χ0v) is 17.9. The molecule has 6 heteroatoms. The molecule has 2 aromatic rings. The molecule has 0 atom stereocenters. The van der Waals surface area contributed by atoms with E-state index in [4.69, 9.17) is 4.74 Å². The van der Waals surface area contributed by atoms with Crippen LogP contribution in [0.5, 0.6) is 5.75 Å². The fraction of sp³-hybridized carbons (Fsp3) is 0.417. The van der Waals surface area contributed by atoms with Gasteiger partial charge >= 0.3 is 0 Å². The predicted octanol–water partition coefficient (Wildman–Crippen LogP) is 3.48. The van der Waals surface area contributed by atoms with E-state index in [1.165, 1.54) is 12.8 Å². The molecule has 0 aromatic heterocycles. The third-order valence-electron chi connectivity index (χ3n) is 4.88. The number of guanidine groups is 1. The Morgan fingerprint density at radius 1 is 1.03 bits per heavy atom. The van der Waals surface area contributed by atoms with Crippen molar-refractivity contribution >= 4 is 11.9 Å². The highest BCUT2D eigenvalue weighted by atomic mass is 16.5. The Morgan fingerprint density at radius 2 is 1.83 bits per heavy atom. The van der Waals surface area contributed by atoms with Crippen molar-refractivity contribution in [3.63, 3.8) is 0 Å². The number of hydrogen-bond donors (Lipinski definition) is 3. The lowest BCUT2D eigenvalue weighted by Crippen LogP contribution is -2.36. The Labute approximate surface area is 179 Å². The lowest BCUT2D eigenvalue weighted by molar-refractivity contribution is 0.0955. The summed E-state index contributed by atoms with van der Waals surface area (Å²) < 4.78 is 6.00. The summed E-state index contributed by atoms with van der Waals surface area (Å²) in [5.74, 6) is 2.33. The van der Waals surface area contributed by atoms with Gasteiger partial charge in [-0.25, -0.2) is 4.99 Å². The standard InChI is InChI=1S/C24H32N4O2/c1-3-25-23(29)20-10-7-8-19(14-20)15-27-24(26-4-2)28-16-21-9-5-6-11-22(21)30-17-18-12-13-18/h5-11,14,18H,3-4,12-13,15-17H2,1-2H3,(H,25,29)(H2,26,27,28). The maximum absolute atomic E-state index is 12.0. The van der Waals surface area contributed by atoms with Crippen LogP contribution in [0.15, 0.2) is 53.5 Å². The van der Waals surface area contributed by atoms with Gasteiger partial charge in [0.2, 0.25) is 0 Å². The summed E-state index contributed by atoms with van der Waals surface area (Å²) >= 11 is 0. The average Bonchev–Trinajstić information content (AvgIpc) is 3.60. The normalized spacial score (nSPS) is 13.6. The van der Waals surface area contributed by atoms with Crippen molar-refractivity contribution in [2.24, 2.45) is 10.9 Å². The van der Waals surface area contributed by atoms with E-state index >= 15 is 0 Å². The van der Waals surface area contributed by atoms with Gasteiger partial charge in [-0.1, -0.05) is 30.3 Å². The number of carbonyl (C=O) groups is 1. The SMILES string of the molecule is CCNC(=O)c1cccc(CN=C(NCC)NCc2ccccc2OCC2CC2)c1. The first-order valence-corrected chi connectivity index (χ1v) is 10.8. The summed E-state index contributed by atoms with van der Waals surface area (Å²) in [4.78, 5) is 16.7. The van der Waals surface area contributed by atoms with Gasteiger partial charge in [-0.2, -0.15) is 0 Å². The molecule has 0 saturated heterocycles. The Kier molecular flexibility index (Phi) is 8.12. The van der Waals surface area contributed by atoms with Crippen LogP contribution in [0.2, 0.25) is 0 Å². The van der Waals surface area contributed by atoms with Crippen molar-refractivity contribution in [3.05, 3.63) is 65.2 Å². The van der Waals surface area contributed by atoms with Crippen molar-refractivity contribution in [1.29, 1.82) is 0 Å². The molecular formula is C24H32N4O2. The van der Waals surface area contributed by atoms with E-state index in [1.807, 2.05) is 56.3 Å². The van der Waals surface area contributed by atoms with Crippen molar-refractivity contribution < 1.29 is 9.53 Å². The van der Waals surface area contributed by atoms with E-state index in [1.54, 1.807) is 0 Å². The molecule has 1 saturated carbocycles. The molecule has 30 heavy (non-hydrogen) atoms. The summed E-state index contributed by atoms with van der Waals surface area (Å²) in [7, 11) is 0. The first-order chi connectivity index (χ1) is 14.7. The molecule has 1 amide bonds. The number of hydrogen-bond acceptors (Lipinski definition) is 3. The van der Waals surface area contributed by atoms with Gasteiger partial charge < -0.3 is 20.7 Å². The number of carbonyl (C=O) groups excluding carboxylic acids is 1. The zero-order chi connectivity index (χ0) is 21.2. The second-order valence-electron chi connectivity index (χ2n) is 7.47. The molecule has 0 bridgehead atoms. The third-order valence-corrected chi connectivity index (χ3v) is 4.88. The second kappa shape index (κ2) is 11.2. The van der Waals surface area contributed by atoms with Gasteiger partial charge in [0.25, 0.3) is 5.91 Å². The van der Waals surface area contributed by atoms with Crippen LogP contribution >= 0.6 is 0 Å². The predicted molar refractivity (Wildman–Crippen MR) is 121 cm³/mol. The molecular weight excluding hydrogens is 376 g/mol. The van der Waals surface area contributed by atoms with Gasteiger partial charge in [0.1, 0.15) is 5.75 Å². The van der Waals surface area contributed by atoms with Crippen LogP contribution in [0.3, 0.4) is 0 Å². The highest BCUT2D eigenvalue weighted by Crippen LogP contribution is 2.30. The van der Waals surface area contributed by atoms with Gasteiger partial charge in [0.15, 0.2) is 5.96 Å². The largest absolute Gasteiger partial charge is 0.493 e. The van der Waals surface area contributed by atoms with E-state index < -0.39 is 0 Å². The molecule has 160 valence electrons. The summed E-state index contributed by atoms with van der Waals surface area (Å²) in [6, 6.07) is 15.7. The number of ether oxygens (including phenoxy) is 1. The minimum absolute atomic E-state index is 0.0591. The molecule has 0 radical (unpaired) electrons. The van der Waals surface area contributed by atoms with Crippen LogP contribution in [0, 0.1) is 5.92 Å². The quantitative estimate of drug-likeness (QED) is 0.416. The Balaban J connectivity index is 1.61. The number of nitrogens with one attached hydrogen (secondary N) is 3. The van der Waals surface area contributed by atoms with Crippen LogP contribution in [0.25, 0.3) is 0 Å². The highest BCUT2D eigenvalue weighted by molar-refractivity contribution is 5.94. The number of amides is 1. The Morgan fingerprint density at radius 3 is 2.60 bits per heavy atom. The maximum Gasteiger partial charge on any atom is 0.251 e. The number of para-hydroxylation sites is 1. The van der Waals surface area contributed by atoms with E-state index in [-0.39, 0.29) is 5.91 Å². The molecule has 1 fully saturated rings. The van der Waals surface area contributed by atoms with Gasteiger partial charge in [-0.15, -0.1) is 0 Å². The van der Waals surface area contributed by atoms with Crippen molar-refractivity contribution in [2.45, 2.75) is 39.8 Å². The molecule has 3 N–H and O–H groups in total. The van der Waals surface area contributed by atoms with Crippen molar-refractivity contribution in [2.75, 3.05) is 19.7 Å². The fourth-order valence-electron chi connectivity index (χ4n) is 3.05. The number of benzene rings is 2. The Hall–Kier alpha value is -3.02. The monoisotopic (exact) mass is 408 g/mol. The first kappa shape index (κ1) is 21.7. The van der Waals surface area contributed by atoms with Gasteiger partial charge in [0.05, 0.1) is 13.2 Å². The molecule has 1 aliphatic rings. The topological polar surface area (TPSA) is 74.8 Å². The first-order valence-electron chi connectivity index (χ1n) is 10.8. The lowest BCUT2D eigenvalue weighted by Gasteiger charge is -2.14. The van der Waals surface area contributed by atoms with Crippen LogP contribution in [-0.4, -0.2) is 31.6 Å². The lowest BCUT2D eigenvalue weighted by atomic mass is 10.1. The smallest absolute Gasteiger partial charge is 0.251 e. The van der Waals surface area contributed by atoms with Crippen LogP contribution in [0.4, 0.5) is 0 Å². The van der Waals surface area contributed by atoms with E-state index in [0.717, 1.165) is 41.9 Å². The van der Waals surface area contributed by atoms with Crippen molar-refractivity contribution in [1.82, 2.24) is 16.0 Å². The van der Waals surface area contributed by atoms with Gasteiger partial charge in [-0.05, 0) is 56.4 Å². The summed E-state index contributed by atoms with van der Waals surface area (Å²) in [6.45, 7) is 7.25. The third kappa shape index (κ3) is 6.79. The minimum Gasteiger partial charge on any atom is -0.493 e. The molecule has 1 aliphatic carbocycles. The minimum atomic E-state index is -0.0591. The van der Waals surface area contributed by atoms with E-state index in [2.05, 4.69) is 27.0 Å². The summed E-state index contributed by atoms with van der Waals surface area (Å²) in [6.07, 6.45) is 2.55. The Bertz CT molecular complexity index is 862. The van der Waals surface area contributed by atoms with Crippen LogP contribution < -0.4 is 20.7 Å². The molecule has 0 spiro atoms. The number of nitrogens with zero attached hydrogens (tertiary/aromatic N) is 1. The van der Waals surface area contributed by atoms with Gasteiger partial charge in [-0.3, -0.25) is 4.79 Å². The number of aliphatic imine (C=N–C) groups is 1. The molecule has 0 heterocycles. The van der Waals surface area contributed by atoms with E-state index in [9.17, 15) is 4.79 Å². The maximum atomic E-state index is 12.0. The summed E-state index contributed by atoms with van der Waals surface area (Å²) in [5, 5.41) is 9.50. The molecule has 6 nitrogen and oxygen atoms in total. The number of rotatable bonds is 10. The fourth-order valence-corrected chi connectivity index (χ4v) is 3.05. The summed E-state index contributed by atoms with van der Waals surface area (Å²) in [5.41, 5.74) is 2.76. The van der Waals surface area contributed by atoms with Gasteiger partial charge in [0, 0.05) is 30.8 Å². The second-order valence-corrected chi connectivity index (χ2v) is 7.47. The zero-order valence-electron chi connectivity index (χ0n) is 17.9. The molecule has 2 aromatic carbocycles. The van der Waals surface area contributed by atoms with Crippen LogP contribution in [0.1, 0.15) is 48.2 Å². The van der Waals surface area contributed by atoms with Crippen LogP contribution in [-0.2, 0) is 13.1 Å².